The first kappa shape index (κ1) is 14.0. The Bertz CT molecular complexity index is 539. The van der Waals surface area contributed by atoms with Crippen LogP contribution in [-0.2, 0) is 17.8 Å². The van der Waals surface area contributed by atoms with E-state index in [4.69, 9.17) is 5.11 Å². The number of nitrogens with zero attached hydrogens (tertiary/aromatic N) is 4. The van der Waals surface area contributed by atoms with E-state index in [9.17, 15) is 4.79 Å². The van der Waals surface area contributed by atoms with Gasteiger partial charge in [0.1, 0.15) is 10.8 Å². The Hall–Kier alpha value is -1.41. The lowest BCUT2D eigenvalue weighted by atomic mass is 10.3. The second kappa shape index (κ2) is 6.67. The number of hydrogen-bond acceptors (Lipinski definition) is 6. The number of aromatic nitrogens is 4. The Morgan fingerprint density at radius 3 is 3.00 bits per heavy atom. The first-order valence-electron chi connectivity index (χ1n) is 5.85. The Kier molecular flexibility index (Phi) is 4.92. The predicted molar refractivity (Wildman–Crippen MR) is 73.6 cm³/mol. The summed E-state index contributed by atoms with van der Waals surface area (Å²) in [4.78, 5) is 14.9. The molecule has 0 unspecified atom stereocenters. The summed E-state index contributed by atoms with van der Waals surface area (Å²) in [6.07, 6.45) is 3.56. The number of thioether (sulfide) groups is 1. The van der Waals surface area contributed by atoms with Crippen LogP contribution in [0.1, 0.15) is 24.2 Å². The summed E-state index contributed by atoms with van der Waals surface area (Å²) in [7, 11) is 0. The molecule has 6 nitrogen and oxygen atoms in total. The standard InChI is InChI=1S/C11H14N4O2S2/c1-2-3-8-13-14-11(19-7-10(16)17)15(8)6-9-12-4-5-18-9/h4-5H,2-3,6-7H2,1H3,(H,16,17). The van der Waals surface area contributed by atoms with Crippen LogP contribution in [0.15, 0.2) is 16.7 Å². The molecule has 0 saturated carbocycles. The van der Waals surface area contributed by atoms with E-state index >= 15 is 0 Å². The summed E-state index contributed by atoms with van der Waals surface area (Å²) in [5, 5.41) is 20.5. The molecule has 0 saturated heterocycles. The van der Waals surface area contributed by atoms with Crippen LogP contribution in [0.2, 0.25) is 0 Å². The van der Waals surface area contributed by atoms with E-state index in [1.807, 2.05) is 9.95 Å². The smallest absolute Gasteiger partial charge is 0.313 e. The Morgan fingerprint density at radius 2 is 2.37 bits per heavy atom. The van der Waals surface area contributed by atoms with Gasteiger partial charge in [-0.15, -0.1) is 21.5 Å². The molecule has 8 heteroatoms. The maximum Gasteiger partial charge on any atom is 0.313 e. The number of thiazole rings is 1. The van der Waals surface area contributed by atoms with Crippen LogP contribution in [-0.4, -0.2) is 36.6 Å². The highest BCUT2D eigenvalue weighted by molar-refractivity contribution is 7.99. The van der Waals surface area contributed by atoms with Crippen LogP contribution < -0.4 is 0 Å². The number of rotatable bonds is 7. The SMILES string of the molecule is CCCc1nnc(SCC(=O)O)n1Cc1nccs1. The lowest BCUT2D eigenvalue weighted by Crippen LogP contribution is -2.08. The highest BCUT2D eigenvalue weighted by atomic mass is 32.2. The van der Waals surface area contributed by atoms with Gasteiger partial charge in [-0.3, -0.25) is 9.36 Å². The number of carboxylic acids is 1. The van der Waals surface area contributed by atoms with Crippen molar-refractivity contribution >= 4 is 29.1 Å². The van der Waals surface area contributed by atoms with Gasteiger partial charge in [-0.05, 0) is 6.42 Å². The molecule has 0 fully saturated rings. The quantitative estimate of drug-likeness (QED) is 0.786. The minimum Gasteiger partial charge on any atom is -0.481 e. The monoisotopic (exact) mass is 298 g/mol. The second-order valence-corrected chi connectivity index (χ2v) is 5.76. The molecule has 0 radical (unpaired) electrons. The van der Waals surface area contributed by atoms with Crippen LogP contribution in [0, 0.1) is 0 Å². The average molecular weight is 298 g/mol. The van der Waals surface area contributed by atoms with Crippen molar-refractivity contribution in [3.63, 3.8) is 0 Å². The van der Waals surface area contributed by atoms with Crippen molar-refractivity contribution in [1.82, 2.24) is 19.7 Å². The van der Waals surface area contributed by atoms with Gasteiger partial charge in [0.15, 0.2) is 5.16 Å². The number of hydrogen-bond donors (Lipinski definition) is 1. The summed E-state index contributed by atoms with van der Waals surface area (Å²) < 4.78 is 1.95. The highest BCUT2D eigenvalue weighted by Gasteiger charge is 2.14. The van der Waals surface area contributed by atoms with Gasteiger partial charge in [-0.1, -0.05) is 18.7 Å². The molecule has 2 aromatic heterocycles. The molecular weight excluding hydrogens is 284 g/mol. The first-order chi connectivity index (χ1) is 9.20. The summed E-state index contributed by atoms with van der Waals surface area (Å²) in [5.41, 5.74) is 0. The van der Waals surface area contributed by atoms with Crippen molar-refractivity contribution in [2.75, 3.05) is 5.75 Å². The van der Waals surface area contributed by atoms with E-state index in [0.717, 1.165) is 23.7 Å². The molecule has 2 aromatic rings. The third-order valence-electron chi connectivity index (χ3n) is 2.37. The van der Waals surface area contributed by atoms with Gasteiger partial charge in [0.25, 0.3) is 0 Å². The van der Waals surface area contributed by atoms with Crippen molar-refractivity contribution in [2.24, 2.45) is 0 Å². The molecule has 2 rings (SSSR count). The minimum atomic E-state index is -0.856. The summed E-state index contributed by atoms with van der Waals surface area (Å²) in [6.45, 7) is 2.68. The van der Waals surface area contributed by atoms with Crippen LogP contribution >= 0.6 is 23.1 Å². The fraction of sp³-hybridized carbons (Fsp3) is 0.455. The molecule has 0 spiro atoms. The van der Waals surface area contributed by atoms with Gasteiger partial charge in [0.2, 0.25) is 0 Å². The molecule has 0 atom stereocenters. The summed E-state index contributed by atoms with van der Waals surface area (Å²) >= 11 is 2.76. The third-order valence-corrected chi connectivity index (χ3v) is 4.08. The van der Waals surface area contributed by atoms with Gasteiger partial charge in [-0.2, -0.15) is 0 Å². The molecule has 0 aliphatic carbocycles. The van der Waals surface area contributed by atoms with Crippen molar-refractivity contribution in [3.8, 4) is 0 Å². The van der Waals surface area contributed by atoms with E-state index < -0.39 is 5.97 Å². The van der Waals surface area contributed by atoms with Crippen LogP contribution in [0.25, 0.3) is 0 Å². The molecule has 0 aliphatic rings. The Labute approximate surface area is 118 Å². The van der Waals surface area contributed by atoms with Gasteiger partial charge in [0, 0.05) is 18.0 Å². The van der Waals surface area contributed by atoms with E-state index in [1.54, 1.807) is 17.5 Å². The fourth-order valence-corrected chi connectivity index (χ4v) is 2.87. The molecule has 0 aliphatic heterocycles. The second-order valence-electron chi connectivity index (χ2n) is 3.84. The first-order valence-corrected chi connectivity index (χ1v) is 7.72. The largest absolute Gasteiger partial charge is 0.481 e. The summed E-state index contributed by atoms with van der Waals surface area (Å²) in [5.74, 6) is 0.0127. The van der Waals surface area contributed by atoms with E-state index in [0.29, 0.717) is 11.7 Å². The molecule has 0 aromatic carbocycles. The van der Waals surface area contributed by atoms with Gasteiger partial charge in [0.05, 0.1) is 12.3 Å². The predicted octanol–water partition coefficient (Wildman–Crippen LogP) is 1.91. The number of aryl methyl sites for hydroxylation is 1. The van der Waals surface area contributed by atoms with Gasteiger partial charge < -0.3 is 5.11 Å². The number of carboxylic acid groups (broad SMARTS) is 1. The minimum absolute atomic E-state index is 0.0118. The maximum atomic E-state index is 10.6. The van der Waals surface area contributed by atoms with Crippen LogP contribution in [0.4, 0.5) is 0 Å². The molecule has 2 heterocycles. The Balaban J connectivity index is 2.19. The molecule has 19 heavy (non-hydrogen) atoms. The lowest BCUT2D eigenvalue weighted by molar-refractivity contribution is -0.133. The molecule has 1 N–H and O–H groups in total. The fourth-order valence-electron chi connectivity index (χ4n) is 1.59. The zero-order chi connectivity index (χ0) is 13.7. The van der Waals surface area contributed by atoms with Gasteiger partial charge in [-0.25, -0.2) is 4.98 Å². The number of aliphatic carboxylic acids is 1. The zero-order valence-electron chi connectivity index (χ0n) is 10.4. The normalized spacial score (nSPS) is 10.8. The summed E-state index contributed by atoms with van der Waals surface area (Å²) in [6, 6.07) is 0. The van der Waals surface area contributed by atoms with E-state index in [2.05, 4.69) is 22.1 Å². The topological polar surface area (TPSA) is 80.9 Å². The van der Waals surface area contributed by atoms with Crippen molar-refractivity contribution in [2.45, 2.75) is 31.5 Å². The van der Waals surface area contributed by atoms with Crippen molar-refractivity contribution < 1.29 is 9.90 Å². The number of carbonyl (C=O) groups is 1. The Morgan fingerprint density at radius 1 is 1.53 bits per heavy atom. The van der Waals surface area contributed by atoms with Crippen LogP contribution in [0.3, 0.4) is 0 Å². The third kappa shape index (κ3) is 3.77. The lowest BCUT2D eigenvalue weighted by Gasteiger charge is -2.07. The van der Waals surface area contributed by atoms with Crippen LogP contribution in [0.5, 0.6) is 0 Å². The van der Waals surface area contributed by atoms with E-state index in [-0.39, 0.29) is 5.75 Å². The molecule has 102 valence electrons. The zero-order valence-corrected chi connectivity index (χ0v) is 12.1. The van der Waals surface area contributed by atoms with Gasteiger partial charge >= 0.3 is 5.97 Å². The van der Waals surface area contributed by atoms with Crippen molar-refractivity contribution in [3.05, 3.63) is 22.4 Å². The highest BCUT2D eigenvalue weighted by Crippen LogP contribution is 2.20. The average Bonchev–Trinajstić information content (AvgIpc) is 2.99. The van der Waals surface area contributed by atoms with E-state index in [1.165, 1.54) is 11.8 Å². The molecule has 0 bridgehead atoms. The maximum absolute atomic E-state index is 10.6. The molecule has 0 amide bonds. The van der Waals surface area contributed by atoms with Crippen molar-refractivity contribution in [1.29, 1.82) is 0 Å². The molecular formula is C11H14N4O2S2.